The molecule has 1 aliphatic carbocycles. The molecule has 1 aromatic carbocycles. The van der Waals surface area contributed by atoms with Crippen LogP contribution in [0.4, 0.5) is 9.18 Å². The van der Waals surface area contributed by atoms with Crippen LogP contribution in [-0.4, -0.2) is 65.4 Å². The highest BCUT2D eigenvalue weighted by Crippen LogP contribution is 2.41. The van der Waals surface area contributed by atoms with Gasteiger partial charge in [-0.05, 0) is 101 Å². The molecule has 2 aromatic rings. The molecule has 5 rings (SSSR count). The van der Waals surface area contributed by atoms with Crippen LogP contribution in [0.25, 0.3) is 10.9 Å². The van der Waals surface area contributed by atoms with Gasteiger partial charge in [0.1, 0.15) is 17.5 Å². The van der Waals surface area contributed by atoms with Gasteiger partial charge in [0.25, 0.3) is 0 Å². The molecular formula is C33H41ClFN3O3. The van der Waals surface area contributed by atoms with Crippen LogP contribution in [0.15, 0.2) is 66.1 Å². The standard InChI is InChI=1S/C33H41ClFN3O3/c1-5-23(10-9-22(2)40-21-26-8-6-7-18-37(26)4)31-30-27(28-20-24(34)11-12-29(28)36-30)15-19-38(31)32(39)41-33(3)16-13-25(35)14-17-33/h5,9-14,16,20,22,26,31,36H,6-8,15,17-19,21H2,1-4H3/b10-9-,23-5+/t22?,26?,31-,33?/m0/s1. The van der Waals surface area contributed by atoms with Crippen LogP contribution in [0.1, 0.15) is 63.8 Å². The number of hydrogen-bond acceptors (Lipinski definition) is 4. The van der Waals surface area contributed by atoms with Crippen molar-refractivity contribution in [3.63, 3.8) is 0 Å². The third-order valence-corrected chi connectivity index (χ3v) is 8.86. The molecule has 0 radical (unpaired) electrons. The Bertz CT molecular complexity index is 1400. The first-order chi connectivity index (χ1) is 19.7. The van der Waals surface area contributed by atoms with Crippen molar-refractivity contribution in [2.75, 3.05) is 26.7 Å². The summed E-state index contributed by atoms with van der Waals surface area (Å²) >= 11 is 6.36. The van der Waals surface area contributed by atoms with Crippen molar-refractivity contribution in [3.05, 3.63) is 82.3 Å². The molecule has 8 heteroatoms. The minimum atomic E-state index is -0.911. The van der Waals surface area contributed by atoms with E-state index in [-0.39, 0.29) is 24.4 Å². The fourth-order valence-corrected chi connectivity index (χ4v) is 6.27. The monoisotopic (exact) mass is 581 g/mol. The summed E-state index contributed by atoms with van der Waals surface area (Å²) < 4.78 is 25.9. The van der Waals surface area contributed by atoms with E-state index in [9.17, 15) is 9.18 Å². The number of allylic oxidation sites excluding steroid dienone is 3. The van der Waals surface area contributed by atoms with Crippen molar-refractivity contribution in [1.82, 2.24) is 14.8 Å². The van der Waals surface area contributed by atoms with E-state index in [0.29, 0.717) is 30.6 Å². The summed E-state index contributed by atoms with van der Waals surface area (Å²) in [5.74, 6) is -0.316. The van der Waals surface area contributed by atoms with Gasteiger partial charge in [-0.2, -0.15) is 0 Å². The predicted octanol–water partition coefficient (Wildman–Crippen LogP) is 7.82. The Balaban J connectivity index is 1.40. The Morgan fingerprint density at radius 1 is 1.32 bits per heavy atom. The fraction of sp³-hybridized carbons (Fsp3) is 0.485. The average molecular weight is 582 g/mol. The normalized spacial score (nSPS) is 26.3. The lowest BCUT2D eigenvalue weighted by Crippen LogP contribution is -2.44. The van der Waals surface area contributed by atoms with Gasteiger partial charge in [0.05, 0.1) is 12.7 Å². The van der Waals surface area contributed by atoms with Gasteiger partial charge in [-0.15, -0.1) is 0 Å². The predicted molar refractivity (Wildman–Crippen MR) is 163 cm³/mol. The number of ether oxygens (including phenoxy) is 2. The number of rotatable bonds is 7. The third kappa shape index (κ3) is 6.63. The zero-order valence-corrected chi connectivity index (χ0v) is 25.2. The van der Waals surface area contributed by atoms with Crippen LogP contribution in [-0.2, 0) is 15.9 Å². The van der Waals surface area contributed by atoms with Crippen LogP contribution in [0.2, 0.25) is 5.02 Å². The van der Waals surface area contributed by atoms with Crippen LogP contribution in [0.5, 0.6) is 0 Å². The number of likely N-dealkylation sites (N-methyl/N-ethyl adjacent to an activating group) is 1. The zero-order valence-electron chi connectivity index (χ0n) is 24.5. The number of piperidine rings is 1. The van der Waals surface area contributed by atoms with Crippen molar-refractivity contribution >= 4 is 28.6 Å². The van der Waals surface area contributed by atoms with Gasteiger partial charge >= 0.3 is 6.09 Å². The van der Waals surface area contributed by atoms with Crippen LogP contribution >= 0.6 is 11.6 Å². The van der Waals surface area contributed by atoms with Crippen molar-refractivity contribution in [2.45, 2.75) is 76.7 Å². The fourth-order valence-electron chi connectivity index (χ4n) is 6.09. The molecule has 0 bridgehead atoms. The molecule has 220 valence electrons. The number of aromatic nitrogens is 1. The number of nitrogens with one attached hydrogen (secondary N) is 1. The molecule has 3 unspecified atom stereocenters. The highest BCUT2D eigenvalue weighted by Gasteiger charge is 2.38. The number of fused-ring (bicyclic) bond motifs is 3. The number of hydrogen-bond donors (Lipinski definition) is 1. The zero-order chi connectivity index (χ0) is 29.1. The minimum absolute atomic E-state index is 0.0850. The summed E-state index contributed by atoms with van der Waals surface area (Å²) in [7, 11) is 2.17. The number of halogens is 2. The van der Waals surface area contributed by atoms with E-state index in [1.54, 1.807) is 17.9 Å². The van der Waals surface area contributed by atoms with Crippen LogP contribution in [0, 0.1) is 0 Å². The van der Waals surface area contributed by atoms with Gasteiger partial charge in [-0.3, -0.25) is 4.90 Å². The van der Waals surface area contributed by atoms with Crippen molar-refractivity contribution in [2.24, 2.45) is 0 Å². The van der Waals surface area contributed by atoms with E-state index in [1.165, 1.54) is 25.0 Å². The van der Waals surface area contributed by atoms with Gasteiger partial charge < -0.3 is 19.4 Å². The van der Waals surface area contributed by atoms with Gasteiger partial charge in [-0.1, -0.05) is 36.2 Å². The number of carbonyl (C=O) groups is 1. The number of carbonyl (C=O) groups excluding carboxylic acids is 1. The van der Waals surface area contributed by atoms with Crippen molar-refractivity contribution < 1.29 is 18.7 Å². The third-order valence-electron chi connectivity index (χ3n) is 8.62. The van der Waals surface area contributed by atoms with Gasteiger partial charge in [0.2, 0.25) is 0 Å². The Morgan fingerprint density at radius 3 is 2.88 bits per heavy atom. The van der Waals surface area contributed by atoms with Crippen molar-refractivity contribution in [3.8, 4) is 0 Å². The molecule has 41 heavy (non-hydrogen) atoms. The lowest BCUT2D eigenvalue weighted by Gasteiger charge is -2.38. The first-order valence-corrected chi connectivity index (χ1v) is 15.1. The quantitative estimate of drug-likeness (QED) is 0.339. The summed E-state index contributed by atoms with van der Waals surface area (Å²) in [4.78, 5) is 21.5. The lowest BCUT2D eigenvalue weighted by atomic mass is 9.91. The van der Waals surface area contributed by atoms with Gasteiger partial charge in [0, 0.05) is 40.6 Å². The highest BCUT2D eigenvalue weighted by atomic mass is 35.5. The second kappa shape index (κ2) is 12.6. The van der Waals surface area contributed by atoms with E-state index in [4.69, 9.17) is 21.1 Å². The molecule has 1 amide bonds. The topological polar surface area (TPSA) is 57.8 Å². The summed E-state index contributed by atoms with van der Waals surface area (Å²) in [6.45, 7) is 8.14. The van der Waals surface area contributed by atoms with Crippen LogP contribution < -0.4 is 0 Å². The van der Waals surface area contributed by atoms with Crippen molar-refractivity contribution in [1.29, 1.82) is 0 Å². The molecule has 2 aliphatic heterocycles. The minimum Gasteiger partial charge on any atom is -0.438 e. The summed E-state index contributed by atoms with van der Waals surface area (Å²) in [5, 5.41) is 1.75. The molecule has 6 nitrogen and oxygen atoms in total. The lowest BCUT2D eigenvalue weighted by molar-refractivity contribution is 0.0234. The Morgan fingerprint density at radius 2 is 2.15 bits per heavy atom. The number of likely N-dealkylation sites (tertiary alicyclic amines) is 1. The molecule has 3 aliphatic rings. The second-order valence-corrected chi connectivity index (χ2v) is 12.1. The SMILES string of the molecule is C/C=C(\C=C/C(C)OCC1CCCCN1C)[C@H]1c2[nH]c3ccc(Cl)cc3c2CCN1C(=O)OC1(C)C=CC(F)=CC1. The maximum absolute atomic E-state index is 13.7. The molecule has 0 spiro atoms. The van der Waals surface area contributed by atoms with E-state index in [0.717, 1.165) is 40.7 Å². The first kappa shape index (κ1) is 29.6. The maximum atomic E-state index is 13.7. The maximum Gasteiger partial charge on any atom is 0.411 e. The molecule has 4 atom stereocenters. The van der Waals surface area contributed by atoms with E-state index >= 15 is 0 Å². The molecular weight excluding hydrogens is 541 g/mol. The number of nitrogens with zero attached hydrogens (tertiary/aromatic N) is 2. The van der Waals surface area contributed by atoms with E-state index < -0.39 is 11.7 Å². The van der Waals surface area contributed by atoms with E-state index in [2.05, 4.69) is 36.0 Å². The number of benzene rings is 1. The number of amides is 1. The second-order valence-electron chi connectivity index (χ2n) is 11.7. The van der Waals surface area contributed by atoms with Gasteiger partial charge in [-0.25, -0.2) is 9.18 Å². The average Bonchev–Trinajstić information content (AvgIpc) is 3.32. The largest absolute Gasteiger partial charge is 0.438 e. The molecule has 1 N–H and O–H groups in total. The number of H-pyrrole nitrogens is 1. The van der Waals surface area contributed by atoms with E-state index in [1.807, 2.05) is 31.2 Å². The summed E-state index contributed by atoms with van der Waals surface area (Å²) in [6, 6.07) is 5.89. The summed E-state index contributed by atoms with van der Waals surface area (Å²) in [5.41, 5.74) is 3.14. The molecule has 1 saturated heterocycles. The first-order valence-electron chi connectivity index (χ1n) is 14.7. The summed E-state index contributed by atoms with van der Waals surface area (Å²) in [6.07, 6.45) is 14.7. The highest BCUT2D eigenvalue weighted by molar-refractivity contribution is 6.31. The Labute approximate surface area is 247 Å². The van der Waals surface area contributed by atoms with Gasteiger partial charge in [0.15, 0.2) is 0 Å². The number of aromatic amines is 1. The molecule has 3 heterocycles. The molecule has 1 fully saturated rings. The molecule has 0 saturated carbocycles. The molecule has 1 aromatic heterocycles. The Hall–Kier alpha value is -2.87. The smallest absolute Gasteiger partial charge is 0.411 e. The van der Waals surface area contributed by atoms with Crippen LogP contribution in [0.3, 0.4) is 0 Å². The Kier molecular flexibility index (Phi) is 9.07.